The van der Waals surface area contributed by atoms with E-state index in [0.717, 1.165) is 54.2 Å². The SMILES string of the molecule is COc1cc2c(cc1OC)CN(c1cc(N(C)c3ccccc3)nc(C)n1)CC2. The van der Waals surface area contributed by atoms with Crippen LogP contribution in [-0.4, -0.2) is 37.8 Å². The van der Waals surface area contributed by atoms with E-state index in [1.54, 1.807) is 14.2 Å². The van der Waals surface area contributed by atoms with E-state index in [0.29, 0.717) is 0 Å². The van der Waals surface area contributed by atoms with Crippen molar-refractivity contribution >= 4 is 17.3 Å². The van der Waals surface area contributed by atoms with Crippen molar-refractivity contribution in [2.75, 3.05) is 37.6 Å². The average Bonchev–Trinajstić information content (AvgIpc) is 2.77. The molecule has 0 bridgehead atoms. The van der Waals surface area contributed by atoms with Gasteiger partial charge in [-0.05, 0) is 48.7 Å². The van der Waals surface area contributed by atoms with Crippen LogP contribution in [0.1, 0.15) is 17.0 Å². The minimum Gasteiger partial charge on any atom is -0.493 e. The molecule has 1 aliphatic rings. The highest BCUT2D eigenvalue weighted by Gasteiger charge is 2.21. The molecule has 1 aliphatic heterocycles. The molecule has 0 spiro atoms. The summed E-state index contributed by atoms with van der Waals surface area (Å²) in [7, 11) is 5.38. The van der Waals surface area contributed by atoms with Gasteiger partial charge in [0.1, 0.15) is 17.5 Å². The Morgan fingerprint density at radius 2 is 1.62 bits per heavy atom. The summed E-state index contributed by atoms with van der Waals surface area (Å²) in [5.74, 6) is 4.13. The quantitative estimate of drug-likeness (QED) is 0.653. The molecule has 2 aromatic carbocycles. The van der Waals surface area contributed by atoms with Crippen LogP contribution in [0.4, 0.5) is 17.3 Å². The van der Waals surface area contributed by atoms with Crippen molar-refractivity contribution < 1.29 is 9.47 Å². The van der Waals surface area contributed by atoms with Crippen LogP contribution in [0.25, 0.3) is 0 Å². The lowest BCUT2D eigenvalue weighted by Gasteiger charge is -2.31. The largest absolute Gasteiger partial charge is 0.493 e. The number of ether oxygens (including phenoxy) is 2. The van der Waals surface area contributed by atoms with Gasteiger partial charge in [0.05, 0.1) is 14.2 Å². The van der Waals surface area contributed by atoms with Crippen LogP contribution >= 0.6 is 0 Å². The first kappa shape index (κ1) is 19.1. The lowest BCUT2D eigenvalue weighted by Crippen LogP contribution is -2.31. The summed E-state index contributed by atoms with van der Waals surface area (Å²) in [4.78, 5) is 13.8. The van der Waals surface area contributed by atoms with E-state index in [1.807, 2.05) is 32.2 Å². The Labute approximate surface area is 171 Å². The molecule has 0 saturated heterocycles. The first-order chi connectivity index (χ1) is 14.1. The number of hydrogen-bond donors (Lipinski definition) is 0. The van der Waals surface area contributed by atoms with Gasteiger partial charge in [-0.2, -0.15) is 0 Å². The molecule has 2 heterocycles. The van der Waals surface area contributed by atoms with Crippen molar-refractivity contribution in [3.63, 3.8) is 0 Å². The number of rotatable bonds is 5. The van der Waals surface area contributed by atoms with E-state index in [1.165, 1.54) is 11.1 Å². The summed E-state index contributed by atoms with van der Waals surface area (Å²) in [5.41, 5.74) is 3.63. The highest BCUT2D eigenvalue weighted by atomic mass is 16.5. The maximum atomic E-state index is 5.49. The highest BCUT2D eigenvalue weighted by molar-refractivity contribution is 5.62. The minimum absolute atomic E-state index is 0.761. The number of aryl methyl sites for hydroxylation is 1. The van der Waals surface area contributed by atoms with E-state index in [-0.39, 0.29) is 0 Å². The Kier molecular flexibility index (Phi) is 5.25. The van der Waals surface area contributed by atoms with Crippen molar-refractivity contribution in [3.05, 3.63) is 65.5 Å². The third kappa shape index (κ3) is 3.83. The fraction of sp³-hybridized carbons (Fsp3) is 0.304. The van der Waals surface area contributed by atoms with Crippen LogP contribution in [0.5, 0.6) is 11.5 Å². The van der Waals surface area contributed by atoms with Gasteiger partial charge in [0.25, 0.3) is 0 Å². The first-order valence-electron chi connectivity index (χ1n) is 9.72. The highest BCUT2D eigenvalue weighted by Crippen LogP contribution is 2.34. The Morgan fingerprint density at radius 3 is 2.31 bits per heavy atom. The zero-order valence-corrected chi connectivity index (χ0v) is 17.3. The summed E-state index contributed by atoms with van der Waals surface area (Å²) in [6.07, 6.45) is 0.933. The average molecular weight is 390 g/mol. The molecule has 0 fully saturated rings. The predicted molar refractivity (Wildman–Crippen MR) is 116 cm³/mol. The van der Waals surface area contributed by atoms with Gasteiger partial charge in [-0.1, -0.05) is 18.2 Å². The molecule has 150 valence electrons. The Hall–Kier alpha value is -3.28. The number of hydrogen-bond acceptors (Lipinski definition) is 6. The second-order valence-electron chi connectivity index (χ2n) is 7.17. The molecule has 6 heteroatoms. The van der Waals surface area contributed by atoms with Crippen molar-refractivity contribution in [2.24, 2.45) is 0 Å². The number of aromatic nitrogens is 2. The lowest BCUT2D eigenvalue weighted by molar-refractivity contribution is 0.353. The molecule has 4 rings (SSSR count). The van der Waals surface area contributed by atoms with E-state index in [2.05, 4.69) is 45.1 Å². The number of benzene rings is 2. The molecule has 0 aliphatic carbocycles. The maximum Gasteiger partial charge on any atom is 0.161 e. The molecule has 29 heavy (non-hydrogen) atoms. The normalized spacial score (nSPS) is 13.0. The summed E-state index contributed by atoms with van der Waals surface area (Å²) >= 11 is 0. The van der Waals surface area contributed by atoms with Crippen LogP contribution in [0.15, 0.2) is 48.5 Å². The van der Waals surface area contributed by atoms with E-state index in [9.17, 15) is 0 Å². The summed E-state index contributed by atoms with van der Waals surface area (Å²) in [6.45, 7) is 3.62. The zero-order chi connectivity index (χ0) is 20.4. The molecule has 0 amide bonds. The van der Waals surface area contributed by atoms with Crippen LogP contribution < -0.4 is 19.3 Å². The van der Waals surface area contributed by atoms with Gasteiger partial charge in [0.2, 0.25) is 0 Å². The second-order valence-corrected chi connectivity index (χ2v) is 7.17. The first-order valence-corrected chi connectivity index (χ1v) is 9.72. The number of methoxy groups -OCH3 is 2. The molecule has 0 unspecified atom stereocenters. The summed E-state index contributed by atoms with van der Waals surface area (Å²) in [5, 5.41) is 0. The van der Waals surface area contributed by atoms with E-state index in [4.69, 9.17) is 14.5 Å². The molecular formula is C23H26N4O2. The van der Waals surface area contributed by atoms with Gasteiger partial charge >= 0.3 is 0 Å². The molecule has 1 aromatic heterocycles. The molecule has 0 radical (unpaired) electrons. The van der Waals surface area contributed by atoms with Gasteiger partial charge in [0, 0.05) is 31.9 Å². The van der Waals surface area contributed by atoms with Crippen molar-refractivity contribution in [2.45, 2.75) is 19.9 Å². The molecule has 0 saturated carbocycles. The fourth-order valence-electron chi connectivity index (χ4n) is 3.73. The number of fused-ring (bicyclic) bond motifs is 1. The predicted octanol–water partition coefficient (Wildman–Crippen LogP) is 4.13. The second kappa shape index (κ2) is 7.99. The summed E-state index contributed by atoms with van der Waals surface area (Å²) < 4.78 is 10.9. The van der Waals surface area contributed by atoms with Gasteiger partial charge in [-0.15, -0.1) is 0 Å². The summed E-state index contributed by atoms with van der Waals surface area (Å²) in [6, 6.07) is 16.5. The maximum absolute atomic E-state index is 5.49. The Balaban J connectivity index is 1.64. The van der Waals surface area contributed by atoms with Crippen molar-refractivity contribution in [3.8, 4) is 11.5 Å². The van der Waals surface area contributed by atoms with Gasteiger partial charge < -0.3 is 19.3 Å². The fourth-order valence-corrected chi connectivity index (χ4v) is 3.73. The topological polar surface area (TPSA) is 50.7 Å². The van der Waals surface area contributed by atoms with Crippen LogP contribution in [0.3, 0.4) is 0 Å². The van der Waals surface area contributed by atoms with Gasteiger partial charge in [-0.25, -0.2) is 9.97 Å². The zero-order valence-electron chi connectivity index (χ0n) is 17.3. The molecule has 0 N–H and O–H groups in total. The molecule has 3 aromatic rings. The molecular weight excluding hydrogens is 364 g/mol. The lowest BCUT2D eigenvalue weighted by atomic mass is 9.99. The number of para-hydroxylation sites is 1. The van der Waals surface area contributed by atoms with Crippen molar-refractivity contribution in [1.29, 1.82) is 0 Å². The monoisotopic (exact) mass is 390 g/mol. The number of nitrogens with zero attached hydrogens (tertiary/aromatic N) is 4. The molecule has 0 atom stereocenters. The third-order valence-corrected chi connectivity index (χ3v) is 5.34. The van der Waals surface area contributed by atoms with Crippen LogP contribution in [0, 0.1) is 6.92 Å². The van der Waals surface area contributed by atoms with Crippen molar-refractivity contribution in [1.82, 2.24) is 9.97 Å². The van der Waals surface area contributed by atoms with Gasteiger partial charge in [0.15, 0.2) is 11.5 Å². The Bertz CT molecular complexity index is 1010. The minimum atomic E-state index is 0.761. The Morgan fingerprint density at radius 1 is 0.931 bits per heavy atom. The third-order valence-electron chi connectivity index (χ3n) is 5.34. The van der Waals surface area contributed by atoms with Crippen LogP contribution in [0.2, 0.25) is 0 Å². The van der Waals surface area contributed by atoms with E-state index < -0.39 is 0 Å². The van der Waals surface area contributed by atoms with Crippen LogP contribution in [-0.2, 0) is 13.0 Å². The van der Waals surface area contributed by atoms with Gasteiger partial charge in [-0.3, -0.25) is 0 Å². The number of anilines is 3. The standard InChI is InChI=1S/C23H26N4O2/c1-16-24-22(26(2)19-8-6-5-7-9-19)14-23(25-16)27-11-10-17-12-20(28-3)21(29-4)13-18(17)15-27/h5-9,12-14H,10-11,15H2,1-4H3. The smallest absolute Gasteiger partial charge is 0.161 e. The van der Waals surface area contributed by atoms with E-state index >= 15 is 0 Å². The molecule has 6 nitrogen and oxygen atoms in total.